The number of benzene rings is 2. The molecule has 3 aromatic rings. The van der Waals surface area contributed by atoms with Gasteiger partial charge in [-0.05, 0) is 42.8 Å². The molecule has 3 rings (SSSR count). The Balaban J connectivity index is 1.57. The molecule has 0 aliphatic rings. The number of nitrogens with one attached hydrogen (secondary N) is 1. The predicted octanol–water partition coefficient (Wildman–Crippen LogP) is 5.21. The lowest BCUT2D eigenvalue weighted by molar-refractivity contribution is -0.115. The quantitative estimate of drug-likeness (QED) is 0.539. The van der Waals surface area contributed by atoms with Crippen LogP contribution in [0.1, 0.15) is 29.4 Å². The van der Waals surface area contributed by atoms with E-state index in [2.05, 4.69) is 10.3 Å². The molecular formula is C21H19ClN2O3S. The highest BCUT2D eigenvalue weighted by atomic mass is 35.5. The second-order valence-electron chi connectivity index (χ2n) is 6.09. The van der Waals surface area contributed by atoms with Crippen LogP contribution in [0.25, 0.3) is 10.6 Å². The van der Waals surface area contributed by atoms with Gasteiger partial charge in [0.1, 0.15) is 5.01 Å². The van der Waals surface area contributed by atoms with Crippen LogP contribution in [0.2, 0.25) is 5.02 Å². The van der Waals surface area contributed by atoms with Gasteiger partial charge in [0.15, 0.2) is 0 Å². The number of halogens is 1. The first-order valence-corrected chi connectivity index (χ1v) is 10.1. The zero-order chi connectivity index (χ0) is 19.9. The van der Waals surface area contributed by atoms with E-state index in [0.29, 0.717) is 28.6 Å². The van der Waals surface area contributed by atoms with Crippen molar-refractivity contribution in [3.05, 3.63) is 70.2 Å². The Bertz CT molecular complexity index is 953. The Kier molecular flexibility index (Phi) is 6.79. The monoisotopic (exact) mass is 414 g/mol. The molecule has 7 heteroatoms. The van der Waals surface area contributed by atoms with Crippen molar-refractivity contribution < 1.29 is 14.3 Å². The zero-order valence-corrected chi connectivity index (χ0v) is 16.8. The Morgan fingerprint density at radius 2 is 1.82 bits per heavy atom. The summed E-state index contributed by atoms with van der Waals surface area (Å²) in [7, 11) is 0. The first kappa shape index (κ1) is 20.0. The third-order valence-electron chi connectivity index (χ3n) is 3.83. The Labute approximate surface area is 172 Å². The van der Waals surface area contributed by atoms with Crippen molar-refractivity contribution in [2.45, 2.75) is 19.8 Å². The molecule has 0 bridgehead atoms. The van der Waals surface area contributed by atoms with Crippen molar-refractivity contribution in [3.8, 4) is 10.6 Å². The summed E-state index contributed by atoms with van der Waals surface area (Å²) >= 11 is 7.39. The smallest absolute Gasteiger partial charge is 0.338 e. The molecular weight excluding hydrogens is 396 g/mol. The summed E-state index contributed by atoms with van der Waals surface area (Å²) in [5.74, 6) is -0.536. The molecule has 1 amide bonds. The largest absolute Gasteiger partial charge is 0.462 e. The van der Waals surface area contributed by atoms with E-state index in [1.807, 2.05) is 36.6 Å². The summed E-state index contributed by atoms with van der Waals surface area (Å²) in [6, 6.07) is 14.1. The molecule has 0 saturated heterocycles. The number of anilines is 1. The minimum atomic E-state index is -0.364. The fraction of sp³-hybridized carbons (Fsp3) is 0.190. The fourth-order valence-electron chi connectivity index (χ4n) is 2.45. The van der Waals surface area contributed by atoms with Crippen LogP contribution >= 0.6 is 22.9 Å². The number of hydrogen-bond acceptors (Lipinski definition) is 5. The lowest BCUT2D eigenvalue weighted by atomic mass is 10.2. The van der Waals surface area contributed by atoms with E-state index in [9.17, 15) is 9.59 Å². The molecule has 0 aliphatic heterocycles. The summed E-state index contributed by atoms with van der Waals surface area (Å²) in [5, 5.41) is 6.20. The van der Waals surface area contributed by atoms with Gasteiger partial charge >= 0.3 is 5.97 Å². The molecule has 0 radical (unpaired) electrons. The van der Waals surface area contributed by atoms with Crippen molar-refractivity contribution in [2.75, 3.05) is 11.9 Å². The third-order valence-corrected chi connectivity index (χ3v) is 5.02. The first-order chi connectivity index (χ1) is 13.5. The van der Waals surface area contributed by atoms with Crippen molar-refractivity contribution in [1.82, 2.24) is 4.98 Å². The van der Waals surface area contributed by atoms with Gasteiger partial charge in [0.05, 0.1) is 24.3 Å². The van der Waals surface area contributed by atoms with Crippen molar-refractivity contribution >= 4 is 40.5 Å². The lowest BCUT2D eigenvalue weighted by Gasteiger charge is -2.06. The van der Waals surface area contributed by atoms with Gasteiger partial charge in [0.2, 0.25) is 5.91 Å². The van der Waals surface area contributed by atoms with Gasteiger partial charge in [-0.3, -0.25) is 4.79 Å². The van der Waals surface area contributed by atoms with Crippen LogP contribution in [-0.4, -0.2) is 23.5 Å². The molecule has 0 saturated carbocycles. The number of aromatic nitrogens is 1. The highest BCUT2D eigenvalue weighted by Crippen LogP contribution is 2.25. The molecule has 0 unspecified atom stereocenters. The van der Waals surface area contributed by atoms with E-state index < -0.39 is 0 Å². The number of rotatable bonds is 7. The van der Waals surface area contributed by atoms with Crippen LogP contribution < -0.4 is 5.32 Å². The molecule has 1 N–H and O–H groups in total. The Morgan fingerprint density at radius 1 is 1.11 bits per heavy atom. The molecule has 0 spiro atoms. The number of hydrogen-bond donors (Lipinski definition) is 1. The van der Waals surface area contributed by atoms with Crippen LogP contribution in [0.5, 0.6) is 0 Å². The van der Waals surface area contributed by atoms with E-state index >= 15 is 0 Å². The van der Waals surface area contributed by atoms with Gasteiger partial charge in [-0.1, -0.05) is 30.7 Å². The van der Waals surface area contributed by atoms with E-state index in [4.69, 9.17) is 16.3 Å². The number of nitrogens with zero attached hydrogens (tertiary/aromatic N) is 1. The summed E-state index contributed by atoms with van der Waals surface area (Å²) in [4.78, 5) is 28.6. The Morgan fingerprint density at radius 3 is 2.50 bits per heavy atom. The summed E-state index contributed by atoms with van der Waals surface area (Å²) in [6.07, 6.45) is 0.945. The second kappa shape index (κ2) is 9.48. The molecule has 0 fully saturated rings. The van der Waals surface area contributed by atoms with Crippen LogP contribution in [0.3, 0.4) is 0 Å². The van der Waals surface area contributed by atoms with Crippen molar-refractivity contribution in [1.29, 1.82) is 0 Å². The predicted molar refractivity (Wildman–Crippen MR) is 112 cm³/mol. The van der Waals surface area contributed by atoms with Gasteiger partial charge in [-0.25, -0.2) is 9.78 Å². The molecule has 144 valence electrons. The molecule has 1 aromatic heterocycles. The molecule has 0 atom stereocenters. The zero-order valence-electron chi connectivity index (χ0n) is 15.3. The van der Waals surface area contributed by atoms with Gasteiger partial charge < -0.3 is 10.1 Å². The average Bonchev–Trinajstić information content (AvgIpc) is 3.15. The summed E-state index contributed by atoms with van der Waals surface area (Å²) in [6.45, 7) is 2.33. The standard InChI is InChI=1S/C21H19ClN2O3S/c1-2-11-27-21(26)15-5-9-17(10-6-15)23-19(25)12-18-13-28-20(24-18)14-3-7-16(22)8-4-14/h3-10,13H,2,11-12H2,1H3,(H,23,25). The van der Waals surface area contributed by atoms with Gasteiger partial charge in [-0.2, -0.15) is 0 Å². The van der Waals surface area contributed by atoms with Gasteiger partial charge in [-0.15, -0.1) is 11.3 Å². The number of thiazole rings is 1. The minimum absolute atomic E-state index is 0.171. The molecule has 28 heavy (non-hydrogen) atoms. The second-order valence-corrected chi connectivity index (χ2v) is 7.38. The number of ether oxygens (including phenoxy) is 1. The van der Waals surface area contributed by atoms with E-state index in [0.717, 1.165) is 17.0 Å². The number of amides is 1. The van der Waals surface area contributed by atoms with Crippen LogP contribution in [0, 0.1) is 0 Å². The molecule has 1 heterocycles. The normalized spacial score (nSPS) is 10.5. The summed E-state index contributed by atoms with van der Waals surface area (Å²) in [5.41, 5.74) is 2.74. The van der Waals surface area contributed by atoms with E-state index in [1.54, 1.807) is 24.3 Å². The van der Waals surface area contributed by atoms with Crippen LogP contribution in [-0.2, 0) is 16.0 Å². The number of carbonyl (C=O) groups is 2. The fourth-order valence-corrected chi connectivity index (χ4v) is 3.40. The lowest BCUT2D eigenvalue weighted by Crippen LogP contribution is -2.14. The SMILES string of the molecule is CCCOC(=O)c1ccc(NC(=O)Cc2csc(-c3ccc(Cl)cc3)n2)cc1. The maximum Gasteiger partial charge on any atom is 0.338 e. The van der Waals surface area contributed by atoms with Gasteiger partial charge in [0, 0.05) is 21.7 Å². The van der Waals surface area contributed by atoms with Crippen LogP contribution in [0.15, 0.2) is 53.9 Å². The molecule has 5 nitrogen and oxygen atoms in total. The average molecular weight is 415 g/mol. The highest BCUT2D eigenvalue weighted by Gasteiger charge is 2.11. The number of esters is 1. The molecule has 2 aromatic carbocycles. The topological polar surface area (TPSA) is 68.3 Å². The molecule has 0 aliphatic carbocycles. The summed E-state index contributed by atoms with van der Waals surface area (Å²) < 4.78 is 5.08. The van der Waals surface area contributed by atoms with Crippen molar-refractivity contribution in [2.24, 2.45) is 0 Å². The Hall–Kier alpha value is -2.70. The maximum absolute atomic E-state index is 12.3. The first-order valence-electron chi connectivity index (χ1n) is 8.82. The highest BCUT2D eigenvalue weighted by molar-refractivity contribution is 7.13. The number of carbonyl (C=O) groups excluding carboxylic acids is 2. The maximum atomic E-state index is 12.3. The van der Waals surface area contributed by atoms with Gasteiger partial charge in [0.25, 0.3) is 0 Å². The van der Waals surface area contributed by atoms with E-state index in [1.165, 1.54) is 11.3 Å². The van der Waals surface area contributed by atoms with Crippen molar-refractivity contribution in [3.63, 3.8) is 0 Å². The third kappa shape index (κ3) is 5.41. The minimum Gasteiger partial charge on any atom is -0.462 e. The van der Waals surface area contributed by atoms with Crippen LogP contribution in [0.4, 0.5) is 5.69 Å². The van der Waals surface area contributed by atoms with E-state index in [-0.39, 0.29) is 18.3 Å².